The minimum Gasteiger partial charge on any atom is -0.479 e. The molecule has 4 N–H and O–H groups in total. The van der Waals surface area contributed by atoms with Crippen LogP contribution in [0.15, 0.2) is 6.33 Å². The second-order valence-electron chi connectivity index (χ2n) is 5.67. The van der Waals surface area contributed by atoms with Gasteiger partial charge in [0.05, 0.1) is 13.4 Å². The smallest absolute Gasteiger partial charge is 0.246 e. The first kappa shape index (κ1) is 13.6. The molecule has 0 amide bonds. The Balaban J connectivity index is 1.85. The van der Waals surface area contributed by atoms with E-state index in [1.807, 2.05) is 0 Å². The number of alkyl halides is 1. The Morgan fingerprint density at radius 1 is 1.50 bits per heavy atom. The molecule has 0 spiro atoms. The summed E-state index contributed by atoms with van der Waals surface area (Å²) < 4.78 is 26.9. The number of aliphatic hydroxyl groups excluding tert-OH is 1. The fraction of sp³-hybridized carbons (Fsp3) is 0.583. The van der Waals surface area contributed by atoms with Crippen LogP contribution in [0.3, 0.4) is 0 Å². The molecule has 2 aliphatic rings. The molecule has 22 heavy (non-hydrogen) atoms. The van der Waals surface area contributed by atoms with Crippen LogP contribution in [0.4, 0.5) is 10.3 Å². The standard InChI is InChI=1S/C12H14FN5O4/c1-11(13)9(22-6-5(19)12(6,11)20)18-3-15-4-7(18)16-10(14)17-8(4)21-2/h3,5-6,9,19-20H,1-2H3,(H2,14,16,17). The van der Waals surface area contributed by atoms with Gasteiger partial charge in [-0.25, -0.2) is 9.37 Å². The lowest BCUT2D eigenvalue weighted by Crippen LogP contribution is -2.44. The van der Waals surface area contributed by atoms with E-state index >= 15 is 4.39 Å². The van der Waals surface area contributed by atoms with E-state index in [-0.39, 0.29) is 17.5 Å². The number of fused-ring (bicyclic) bond motifs is 2. The molecule has 118 valence electrons. The van der Waals surface area contributed by atoms with Gasteiger partial charge in [0, 0.05) is 0 Å². The summed E-state index contributed by atoms with van der Waals surface area (Å²) in [6.45, 7) is 1.17. The molecular weight excluding hydrogens is 297 g/mol. The van der Waals surface area contributed by atoms with Crippen LogP contribution >= 0.6 is 0 Å². The molecule has 1 aliphatic heterocycles. The first-order chi connectivity index (χ1) is 10.3. The van der Waals surface area contributed by atoms with Crippen molar-refractivity contribution in [2.75, 3.05) is 12.8 Å². The number of hydrogen-bond donors (Lipinski definition) is 3. The summed E-state index contributed by atoms with van der Waals surface area (Å²) in [6, 6.07) is 0. The van der Waals surface area contributed by atoms with E-state index in [0.29, 0.717) is 5.52 Å². The highest BCUT2D eigenvalue weighted by molar-refractivity contribution is 5.77. The predicted octanol–water partition coefficient (Wildman–Crippen LogP) is -0.852. The Morgan fingerprint density at radius 3 is 2.82 bits per heavy atom. The Morgan fingerprint density at radius 2 is 2.23 bits per heavy atom. The van der Waals surface area contributed by atoms with Gasteiger partial charge in [-0.3, -0.25) is 4.57 Å². The van der Waals surface area contributed by atoms with Gasteiger partial charge < -0.3 is 25.4 Å². The van der Waals surface area contributed by atoms with E-state index < -0.39 is 29.7 Å². The molecule has 1 aliphatic carbocycles. The van der Waals surface area contributed by atoms with E-state index in [0.717, 1.165) is 0 Å². The van der Waals surface area contributed by atoms with Crippen LogP contribution in [0.1, 0.15) is 13.2 Å². The summed E-state index contributed by atoms with van der Waals surface area (Å²) in [5.74, 6) is 0.0947. The van der Waals surface area contributed by atoms with Gasteiger partial charge >= 0.3 is 0 Å². The van der Waals surface area contributed by atoms with Gasteiger partial charge in [-0.1, -0.05) is 0 Å². The number of methoxy groups -OCH3 is 1. The summed E-state index contributed by atoms with van der Waals surface area (Å²) >= 11 is 0. The number of nitrogens with zero attached hydrogens (tertiary/aromatic N) is 4. The molecule has 1 saturated heterocycles. The topological polar surface area (TPSA) is 129 Å². The third-order valence-electron chi connectivity index (χ3n) is 4.44. The zero-order valence-corrected chi connectivity index (χ0v) is 11.8. The van der Waals surface area contributed by atoms with Crippen molar-refractivity contribution in [1.82, 2.24) is 19.5 Å². The van der Waals surface area contributed by atoms with Crippen LogP contribution in [-0.4, -0.2) is 60.3 Å². The lowest BCUT2D eigenvalue weighted by molar-refractivity contribution is -0.114. The maximum Gasteiger partial charge on any atom is 0.246 e. The summed E-state index contributed by atoms with van der Waals surface area (Å²) in [6.07, 6.45) is -2.12. The minimum atomic E-state index is -2.22. The Labute approximate surface area is 123 Å². The number of halogens is 1. The van der Waals surface area contributed by atoms with Crippen molar-refractivity contribution >= 4 is 17.1 Å². The lowest BCUT2D eigenvalue weighted by Gasteiger charge is -2.29. The maximum absolute atomic E-state index is 15.0. The van der Waals surface area contributed by atoms with Gasteiger partial charge in [-0.05, 0) is 6.92 Å². The third-order valence-corrected chi connectivity index (χ3v) is 4.44. The fourth-order valence-corrected chi connectivity index (χ4v) is 3.08. The van der Waals surface area contributed by atoms with Crippen LogP contribution in [0, 0.1) is 0 Å². The van der Waals surface area contributed by atoms with Crippen molar-refractivity contribution < 1.29 is 24.1 Å². The largest absolute Gasteiger partial charge is 0.479 e. The number of aromatic nitrogens is 4. The second kappa shape index (κ2) is 3.83. The van der Waals surface area contributed by atoms with Crippen molar-refractivity contribution in [2.45, 2.75) is 36.6 Å². The Kier molecular flexibility index (Phi) is 2.37. The number of imidazole rings is 1. The van der Waals surface area contributed by atoms with E-state index in [4.69, 9.17) is 15.2 Å². The van der Waals surface area contributed by atoms with Crippen LogP contribution in [0.25, 0.3) is 11.2 Å². The first-order valence-electron chi connectivity index (χ1n) is 6.61. The minimum absolute atomic E-state index is 0.0615. The molecule has 0 bridgehead atoms. The number of hydrogen-bond acceptors (Lipinski definition) is 8. The van der Waals surface area contributed by atoms with Gasteiger partial charge in [-0.2, -0.15) is 9.97 Å². The molecule has 0 radical (unpaired) electrons. The lowest BCUT2D eigenvalue weighted by atomic mass is 9.97. The summed E-state index contributed by atoms with van der Waals surface area (Å²) in [5.41, 5.74) is 1.97. The highest BCUT2D eigenvalue weighted by Gasteiger charge is 2.83. The number of nitrogens with two attached hydrogens (primary N) is 1. The van der Waals surface area contributed by atoms with E-state index in [2.05, 4.69) is 15.0 Å². The average Bonchev–Trinajstić information content (AvgIpc) is 2.77. The molecule has 9 nitrogen and oxygen atoms in total. The van der Waals surface area contributed by atoms with Gasteiger partial charge in [0.25, 0.3) is 0 Å². The van der Waals surface area contributed by atoms with Crippen LogP contribution in [-0.2, 0) is 4.74 Å². The molecule has 1 saturated carbocycles. The molecule has 5 atom stereocenters. The Hall–Kier alpha value is -2.04. The molecule has 5 unspecified atom stereocenters. The van der Waals surface area contributed by atoms with Crippen molar-refractivity contribution in [2.24, 2.45) is 0 Å². The second-order valence-corrected chi connectivity index (χ2v) is 5.67. The summed E-state index contributed by atoms with van der Waals surface area (Å²) in [5, 5.41) is 19.8. The van der Waals surface area contributed by atoms with Gasteiger partial charge in [0.15, 0.2) is 28.7 Å². The average molecular weight is 311 g/mol. The molecule has 0 aromatic carbocycles. The monoisotopic (exact) mass is 311 g/mol. The Bertz CT molecular complexity index is 780. The number of ether oxygens (including phenoxy) is 2. The molecule has 10 heteroatoms. The molecule has 2 aromatic rings. The zero-order chi connectivity index (χ0) is 15.9. The predicted molar refractivity (Wildman–Crippen MR) is 70.7 cm³/mol. The highest BCUT2D eigenvalue weighted by Crippen LogP contribution is 2.61. The van der Waals surface area contributed by atoms with E-state index in [1.54, 1.807) is 0 Å². The maximum atomic E-state index is 15.0. The van der Waals surface area contributed by atoms with E-state index in [1.165, 1.54) is 24.9 Å². The van der Waals surface area contributed by atoms with Crippen molar-refractivity contribution in [3.05, 3.63) is 6.33 Å². The molecule has 2 fully saturated rings. The van der Waals surface area contributed by atoms with Crippen LogP contribution in [0.5, 0.6) is 5.88 Å². The zero-order valence-electron chi connectivity index (χ0n) is 11.8. The fourth-order valence-electron chi connectivity index (χ4n) is 3.08. The van der Waals surface area contributed by atoms with Gasteiger partial charge in [0.2, 0.25) is 11.8 Å². The molecular formula is C12H14FN5O4. The highest BCUT2D eigenvalue weighted by atomic mass is 19.1. The van der Waals surface area contributed by atoms with Crippen molar-refractivity contribution in [3.8, 4) is 5.88 Å². The summed E-state index contributed by atoms with van der Waals surface area (Å²) in [4.78, 5) is 12.0. The molecule has 3 heterocycles. The van der Waals surface area contributed by atoms with Crippen molar-refractivity contribution in [3.63, 3.8) is 0 Å². The first-order valence-corrected chi connectivity index (χ1v) is 6.61. The van der Waals surface area contributed by atoms with Crippen molar-refractivity contribution in [1.29, 1.82) is 0 Å². The number of rotatable bonds is 2. The molecule has 4 rings (SSSR count). The van der Waals surface area contributed by atoms with E-state index in [9.17, 15) is 10.2 Å². The normalized spacial score (nSPS) is 40.0. The van der Waals surface area contributed by atoms with Crippen LogP contribution in [0.2, 0.25) is 0 Å². The number of nitrogen functional groups attached to an aromatic ring is 1. The summed E-state index contributed by atoms with van der Waals surface area (Å²) in [7, 11) is 1.40. The SMILES string of the molecule is COc1nc(N)nc2c1ncn2C1OC2C(O)C2(O)C1(C)F. The number of aliphatic hydroxyl groups is 2. The van der Waals surface area contributed by atoms with Crippen LogP contribution < -0.4 is 10.5 Å². The number of anilines is 1. The molecule has 2 aromatic heterocycles. The van der Waals surface area contributed by atoms with Gasteiger partial charge in [-0.15, -0.1) is 0 Å². The van der Waals surface area contributed by atoms with Gasteiger partial charge in [0.1, 0.15) is 12.2 Å². The quantitative estimate of drug-likeness (QED) is 0.654. The third kappa shape index (κ3) is 1.35.